The molecule has 1 aromatic carbocycles. The average Bonchev–Trinajstić information content (AvgIpc) is 3.31. The van der Waals surface area contributed by atoms with Gasteiger partial charge in [-0.15, -0.1) is 0 Å². The van der Waals surface area contributed by atoms with Crippen molar-refractivity contribution >= 4 is 5.69 Å². The predicted molar refractivity (Wildman–Crippen MR) is 90.9 cm³/mol. The molecule has 0 aromatic heterocycles. The van der Waals surface area contributed by atoms with Crippen LogP contribution in [0.15, 0.2) is 18.2 Å². The molecule has 1 aromatic rings. The first-order valence-electron chi connectivity index (χ1n) is 8.87. The zero-order valence-corrected chi connectivity index (χ0v) is 13.7. The lowest BCUT2D eigenvalue weighted by molar-refractivity contribution is 0.433. The van der Waals surface area contributed by atoms with E-state index < -0.39 is 0 Å². The third kappa shape index (κ3) is 3.79. The highest BCUT2D eigenvalue weighted by atomic mass is 15.2. The molecule has 1 aliphatic carbocycles. The highest BCUT2D eigenvalue weighted by molar-refractivity contribution is 5.56. The van der Waals surface area contributed by atoms with Crippen LogP contribution in [-0.4, -0.2) is 18.6 Å². The second kappa shape index (κ2) is 6.83. The summed E-state index contributed by atoms with van der Waals surface area (Å²) in [5, 5.41) is 3.70. The number of hydrogen-bond donors (Lipinski definition) is 1. The van der Waals surface area contributed by atoms with E-state index in [4.69, 9.17) is 0 Å². The Morgan fingerprint density at radius 2 is 2.05 bits per heavy atom. The van der Waals surface area contributed by atoms with Gasteiger partial charge in [0.25, 0.3) is 0 Å². The van der Waals surface area contributed by atoms with Gasteiger partial charge < -0.3 is 10.2 Å². The third-order valence-corrected chi connectivity index (χ3v) is 4.95. The van der Waals surface area contributed by atoms with Crippen molar-refractivity contribution in [2.24, 2.45) is 0 Å². The number of anilines is 1. The Labute approximate surface area is 129 Å². The van der Waals surface area contributed by atoms with Crippen molar-refractivity contribution in [3.8, 4) is 0 Å². The fourth-order valence-corrected chi connectivity index (χ4v) is 3.63. The average molecular weight is 286 g/mol. The van der Waals surface area contributed by atoms with E-state index in [0.29, 0.717) is 0 Å². The molecule has 0 spiro atoms. The minimum atomic E-state index is 0.756. The Hall–Kier alpha value is -1.02. The Bertz CT molecular complexity index is 463. The third-order valence-electron chi connectivity index (χ3n) is 4.95. The normalized spacial score (nSPS) is 22.6. The summed E-state index contributed by atoms with van der Waals surface area (Å²) in [5.41, 5.74) is 4.38. The zero-order valence-electron chi connectivity index (χ0n) is 13.7. The van der Waals surface area contributed by atoms with Gasteiger partial charge >= 0.3 is 0 Å². The SMILES string of the molecule is CCCC1CCCCN1c1ccc(C)cc1CNC1CC1. The minimum absolute atomic E-state index is 0.756. The van der Waals surface area contributed by atoms with Crippen LogP contribution in [0.4, 0.5) is 5.69 Å². The van der Waals surface area contributed by atoms with Gasteiger partial charge in [-0.25, -0.2) is 0 Å². The van der Waals surface area contributed by atoms with Crippen molar-refractivity contribution < 1.29 is 0 Å². The number of aryl methyl sites for hydroxylation is 1. The number of nitrogens with zero attached hydrogens (tertiary/aromatic N) is 1. The topological polar surface area (TPSA) is 15.3 Å². The molecule has 0 radical (unpaired) electrons. The van der Waals surface area contributed by atoms with Crippen LogP contribution >= 0.6 is 0 Å². The van der Waals surface area contributed by atoms with Crippen LogP contribution < -0.4 is 10.2 Å². The molecule has 0 amide bonds. The molecule has 1 saturated heterocycles. The van der Waals surface area contributed by atoms with Crippen LogP contribution in [0.25, 0.3) is 0 Å². The van der Waals surface area contributed by atoms with E-state index in [-0.39, 0.29) is 0 Å². The number of benzene rings is 1. The van der Waals surface area contributed by atoms with E-state index in [1.165, 1.54) is 68.3 Å². The van der Waals surface area contributed by atoms with Gasteiger partial charge in [0, 0.05) is 30.9 Å². The van der Waals surface area contributed by atoms with E-state index >= 15 is 0 Å². The largest absolute Gasteiger partial charge is 0.368 e. The molecule has 2 nitrogen and oxygen atoms in total. The molecule has 1 heterocycles. The van der Waals surface area contributed by atoms with E-state index in [1.54, 1.807) is 0 Å². The van der Waals surface area contributed by atoms with Crippen LogP contribution in [0, 0.1) is 6.92 Å². The van der Waals surface area contributed by atoms with Crippen molar-refractivity contribution in [2.45, 2.75) is 77.4 Å². The number of piperidine rings is 1. The molecular formula is C19H30N2. The molecule has 3 rings (SSSR count). The summed E-state index contributed by atoms with van der Waals surface area (Å²) in [7, 11) is 0. The van der Waals surface area contributed by atoms with E-state index in [9.17, 15) is 0 Å². The van der Waals surface area contributed by atoms with Gasteiger partial charge in [-0.1, -0.05) is 31.0 Å². The lowest BCUT2D eigenvalue weighted by atomic mass is 9.96. The first kappa shape index (κ1) is 14.9. The summed E-state index contributed by atoms with van der Waals surface area (Å²) >= 11 is 0. The van der Waals surface area contributed by atoms with E-state index in [0.717, 1.165) is 18.6 Å². The molecule has 1 N–H and O–H groups in total. The predicted octanol–water partition coefficient (Wildman–Crippen LogP) is 4.41. The zero-order chi connectivity index (χ0) is 14.7. The smallest absolute Gasteiger partial charge is 0.0414 e. The molecule has 1 saturated carbocycles. The summed E-state index contributed by atoms with van der Waals surface area (Å²) < 4.78 is 0. The summed E-state index contributed by atoms with van der Waals surface area (Å²) in [6, 6.07) is 8.58. The van der Waals surface area contributed by atoms with Crippen LogP contribution in [-0.2, 0) is 6.54 Å². The number of hydrogen-bond acceptors (Lipinski definition) is 2. The Kier molecular flexibility index (Phi) is 4.84. The highest BCUT2D eigenvalue weighted by Crippen LogP contribution is 2.31. The summed E-state index contributed by atoms with van der Waals surface area (Å²) in [4.78, 5) is 2.70. The van der Waals surface area contributed by atoms with Crippen molar-refractivity contribution in [1.29, 1.82) is 0 Å². The van der Waals surface area contributed by atoms with Crippen molar-refractivity contribution in [1.82, 2.24) is 5.32 Å². The van der Waals surface area contributed by atoms with Gasteiger partial charge in [-0.05, 0) is 57.1 Å². The maximum Gasteiger partial charge on any atom is 0.0414 e. The number of nitrogens with one attached hydrogen (secondary N) is 1. The molecule has 1 atom stereocenters. The van der Waals surface area contributed by atoms with Gasteiger partial charge in [0.2, 0.25) is 0 Å². The maximum atomic E-state index is 3.70. The molecule has 2 heteroatoms. The van der Waals surface area contributed by atoms with Crippen LogP contribution in [0.3, 0.4) is 0 Å². The Morgan fingerprint density at radius 1 is 1.19 bits per heavy atom. The molecule has 1 unspecified atom stereocenters. The quantitative estimate of drug-likeness (QED) is 0.833. The van der Waals surface area contributed by atoms with Crippen molar-refractivity contribution in [3.05, 3.63) is 29.3 Å². The summed E-state index contributed by atoms with van der Waals surface area (Å²) in [5.74, 6) is 0. The number of rotatable bonds is 6. The fourth-order valence-electron chi connectivity index (χ4n) is 3.63. The van der Waals surface area contributed by atoms with E-state index in [2.05, 4.69) is 42.3 Å². The highest BCUT2D eigenvalue weighted by Gasteiger charge is 2.25. The molecule has 1 aliphatic heterocycles. The van der Waals surface area contributed by atoms with Gasteiger partial charge in [-0.3, -0.25) is 0 Å². The molecule has 2 fully saturated rings. The second-order valence-electron chi connectivity index (χ2n) is 6.92. The molecule has 0 bridgehead atoms. The lowest BCUT2D eigenvalue weighted by Gasteiger charge is -2.39. The van der Waals surface area contributed by atoms with Gasteiger partial charge in [-0.2, -0.15) is 0 Å². The summed E-state index contributed by atoms with van der Waals surface area (Å²) in [6.45, 7) is 6.81. The first-order chi connectivity index (χ1) is 10.3. The van der Waals surface area contributed by atoms with Gasteiger partial charge in [0.05, 0.1) is 0 Å². The Morgan fingerprint density at radius 3 is 2.81 bits per heavy atom. The molecular weight excluding hydrogens is 256 g/mol. The fraction of sp³-hybridized carbons (Fsp3) is 0.684. The van der Waals surface area contributed by atoms with Crippen LogP contribution in [0.2, 0.25) is 0 Å². The van der Waals surface area contributed by atoms with E-state index in [1.807, 2.05) is 0 Å². The monoisotopic (exact) mass is 286 g/mol. The second-order valence-corrected chi connectivity index (χ2v) is 6.92. The maximum absolute atomic E-state index is 3.70. The van der Waals surface area contributed by atoms with Gasteiger partial charge in [0.1, 0.15) is 0 Å². The van der Waals surface area contributed by atoms with Crippen molar-refractivity contribution in [3.63, 3.8) is 0 Å². The van der Waals surface area contributed by atoms with Gasteiger partial charge in [0.15, 0.2) is 0 Å². The van der Waals surface area contributed by atoms with Crippen molar-refractivity contribution in [2.75, 3.05) is 11.4 Å². The lowest BCUT2D eigenvalue weighted by Crippen LogP contribution is -2.40. The van der Waals surface area contributed by atoms with Crippen LogP contribution in [0.5, 0.6) is 0 Å². The first-order valence-corrected chi connectivity index (χ1v) is 8.87. The molecule has 116 valence electrons. The molecule has 2 aliphatic rings. The molecule has 21 heavy (non-hydrogen) atoms. The summed E-state index contributed by atoms with van der Waals surface area (Å²) in [6.07, 6.45) is 9.49. The standard InChI is InChI=1S/C19H30N2/c1-3-6-18-7-4-5-12-21(18)19-11-8-15(2)13-16(19)14-20-17-9-10-17/h8,11,13,17-18,20H,3-7,9-10,12,14H2,1-2H3. The Balaban J connectivity index is 1.80. The minimum Gasteiger partial charge on any atom is -0.368 e. The van der Waals surface area contributed by atoms with Crippen LogP contribution in [0.1, 0.15) is 63.0 Å².